The van der Waals surface area contributed by atoms with Crippen LogP contribution >= 0.6 is 0 Å². The van der Waals surface area contributed by atoms with E-state index in [1.165, 1.54) is 12.8 Å². The smallest absolute Gasteiger partial charge is 0.381 e. The molecule has 2 saturated carbocycles. The van der Waals surface area contributed by atoms with E-state index in [1.807, 2.05) is 0 Å². The summed E-state index contributed by atoms with van der Waals surface area (Å²) in [6, 6.07) is 0. The van der Waals surface area contributed by atoms with Crippen molar-refractivity contribution in [1.82, 2.24) is 0 Å². The summed E-state index contributed by atoms with van der Waals surface area (Å²) in [7, 11) is 1.65. The van der Waals surface area contributed by atoms with Gasteiger partial charge in [-0.3, -0.25) is 0 Å². The van der Waals surface area contributed by atoms with Crippen LogP contribution in [0.15, 0.2) is 0 Å². The van der Waals surface area contributed by atoms with E-state index in [2.05, 4.69) is 0 Å². The molecule has 2 fully saturated rings. The number of methoxy groups -OCH3 is 1. The minimum Gasteiger partial charge on any atom is -0.381 e. The van der Waals surface area contributed by atoms with Crippen molar-refractivity contribution in [2.75, 3.05) is 7.11 Å². The zero-order valence-electron chi connectivity index (χ0n) is 11.2. The quantitative estimate of drug-likeness (QED) is 0.730. The van der Waals surface area contributed by atoms with Crippen molar-refractivity contribution in [3.8, 4) is 0 Å². The van der Waals surface area contributed by atoms with E-state index in [0.717, 1.165) is 12.8 Å². The van der Waals surface area contributed by atoms with E-state index in [4.69, 9.17) is 4.74 Å². The molecule has 2 aliphatic rings. The van der Waals surface area contributed by atoms with Crippen LogP contribution in [0, 0.1) is 23.7 Å². The van der Waals surface area contributed by atoms with E-state index >= 15 is 0 Å². The van der Waals surface area contributed by atoms with Gasteiger partial charge in [0.05, 0.1) is 12.0 Å². The highest BCUT2D eigenvalue weighted by Crippen LogP contribution is 2.54. The highest BCUT2D eigenvalue weighted by Gasteiger charge is 2.53. The lowest BCUT2D eigenvalue weighted by Gasteiger charge is -2.55. The maximum absolute atomic E-state index is 12.9. The molecular weight excluding hydrogens is 241 g/mol. The molecule has 0 aromatic rings. The first-order valence-electron chi connectivity index (χ1n) is 7.08. The monoisotopic (exact) mass is 264 g/mol. The van der Waals surface area contributed by atoms with Crippen LogP contribution < -0.4 is 0 Å². The average Bonchev–Trinajstić information content (AvgIpc) is 2.30. The molecule has 0 spiro atoms. The summed E-state index contributed by atoms with van der Waals surface area (Å²) in [5.41, 5.74) is 0. The van der Waals surface area contributed by atoms with Gasteiger partial charge in [-0.2, -0.15) is 13.2 Å². The standard InChI is InChI=1S/C14H23F3O/c1-3-9(14(15,16)17)8-12-10-6-4-5-7-11(10)13(12)18-2/h9-13H,3-8H2,1-2H3/t9-,10?,11?,12?,13-/m1/s1. The molecular formula is C14H23F3O. The number of halogens is 3. The Labute approximate surface area is 107 Å². The number of fused-ring (bicyclic) bond motifs is 1. The molecule has 3 unspecified atom stereocenters. The Hall–Kier alpha value is -0.250. The van der Waals surface area contributed by atoms with Gasteiger partial charge in [0.1, 0.15) is 0 Å². The molecule has 0 amide bonds. The van der Waals surface area contributed by atoms with Crippen molar-refractivity contribution in [2.45, 2.75) is 57.7 Å². The second-order valence-corrected chi connectivity index (χ2v) is 5.86. The van der Waals surface area contributed by atoms with Gasteiger partial charge >= 0.3 is 6.18 Å². The van der Waals surface area contributed by atoms with E-state index in [-0.39, 0.29) is 24.9 Å². The van der Waals surface area contributed by atoms with Crippen molar-refractivity contribution in [1.29, 1.82) is 0 Å². The van der Waals surface area contributed by atoms with Gasteiger partial charge in [-0.1, -0.05) is 19.8 Å². The van der Waals surface area contributed by atoms with Crippen LogP contribution in [0.25, 0.3) is 0 Å². The van der Waals surface area contributed by atoms with Gasteiger partial charge < -0.3 is 4.74 Å². The minimum absolute atomic E-state index is 0.0756. The van der Waals surface area contributed by atoms with Gasteiger partial charge in [0.2, 0.25) is 0 Å². The average molecular weight is 264 g/mol. The van der Waals surface area contributed by atoms with Crippen LogP contribution in [-0.4, -0.2) is 19.4 Å². The summed E-state index contributed by atoms with van der Waals surface area (Å²) in [4.78, 5) is 0. The first-order valence-corrected chi connectivity index (χ1v) is 7.08. The van der Waals surface area contributed by atoms with Crippen LogP contribution in [0.4, 0.5) is 13.2 Å². The van der Waals surface area contributed by atoms with Crippen LogP contribution in [0.2, 0.25) is 0 Å². The summed E-state index contributed by atoms with van der Waals surface area (Å²) in [6.07, 6.45) is 1.11. The predicted molar refractivity (Wildman–Crippen MR) is 64.2 cm³/mol. The fraction of sp³-hybridized carbons (Fsp3) is 1.00. The summed E-state index contributed by atoms with van der Waals surface area (Å²) in [5.74, 6) is -0.00510. The van der Waals surface area contributed by atoms with Crippen LogP contribution in [0.3, 0.4) is 0 Å². The molecule has 1 nitrogen and oxygen atoms in total. The van der Waals surface area contributed by atoms with E-state index in [0.29, 0.717) is 11.8 Å². The molecule has 18 heavy (non-hydrogen) atoms. The lowest BCUT2D eigenvalue weighted by molar-refractivity contribution is -0.204. The molecule has 0 aliphatic heterocycles. The van der Waals surface area contributed by atoms with Gasteiger partial charge in [0.25, 0.3) is 0 Å². The van der Waals surface area contributed by atoms with Crippen molar-refractivity contribution < 1.29 is 17.9 Å². The fourth-order valence-electron chi connectivity index (χ4n) is 4.06. The van der Waals surface area contributed by atoms with Gasteiger partial charge in [0, 0.05) is 7.11 Å². The van der Waals surface area contributed by atoms with E-state index in [1.54, 1.807) is 14.0 Å². The van der Waals surface area contributed by atoms with Crippen molar-refractivity contribution in [2.24, 2.45) is 23.7 Å². The number of hydrogen-bond donors (Lipinski definition) is 0. The highest BCUT2D eigenvalue weighted by molar-refractivity contribution is 5.00. The molecule has 5 atom stereocenters. The molecule has 0 radical (unpaired) electrons. The third-order valence-electron chi connectivity index (χ3n) is 5.05. The summed E-state index contributed by atoms with van der Waals surface area (Å²) >= 11 is 0. The lowest BCUT2D eigenvalue weighted by Crippen LogP contribution is -2.54. The Kier molecular flexibility index (Phi) is 4.25. The first kappa shape index (κ1) is 14.2. The molecule has 0 bridgehead atoms. The van der Waals surface area contributed by atoms with Gasteiger partial charge in [-0.25, -0.2) is 0 Å². The second-order valence-electron chi connectivity index (χ2n) is 5.86. The Bertz CT molecular complexity index is 271. The molecule has 0 aromatic carbocycles. The zero-order chi connectivity index (χ0) is 13.3. The number of rotatable bonds is 4. The highest BCUT2D eigenvalue weighted by atomic mass is 19.4. The van der Waals surface area contributed by atoms with Crippen LogP contribution in [-0.2, 0) is 4.74 Å². The summed E-state index contributed by atoms with van der Waals surface area (Å²) in [6.45, 7) is 1.64. The minimum atomic E-state index is -4.05. The lowest BCUT2D eigenvalue weighted by atomic mass is 9.54. The van der Waals surface area contributed by atoms with Gasteiger partial charge in [-0.05, 0) is 43.4 Å². The van der Waals surface area contributed by atoms with E-state index in [9.17, 15) is 13.2 Å². The maximum Gasteiger partial charge on any atom is 0.391 e. The zero-order valence-corrected chi connectivity index (χ0v) is 11.2. The number of ether oxygens (including phenoxy) is 1. The molecule has 0 N–H and O–H groups in total. The Balaban J connectivity index is 1.99. The third kappa shape index (κ3) is 2.54. The van der Waals surface area contributed by atoms with E-state index < -0.39 is 12.1 Å². The fourth-order valence-corrected chi connectivity index (χ4v) is 4.06. The van der Waals surface area contributed by atoms with Crippen LogP contribution in [0.5, 0.6) is 0 Å². The predicted octanol–water partition coefficient (Wildman–Crippen LogP) is 4.42. The third-order valence-corrected chi connectivity index (χ3v) is 5.05. The molecule has 2 aliphatic carbocycles. The molecule has 0 saturated heterocycles. The Morgan fingerprint density at radius 2 is 1.78 bits per heavy atom. The van der Waals surface area contributed by atoms with Gasteiger partial charge in [0.15, 0.2) is 0 Å². The molecule has 2 rings (SSSR count). The maximum atomic E-state index is 12.9. The molecule has 4 heteroatoms. The summed E-state index contributed by atoms with van der Waals surface area (Å²) < 4.78 is 44.0. The second kappa shape index (κ2) is 5.40. The summed E-state index contributed by atoms with van der Waals surface area (Å²) in [5, 5.41) is 0. The SMILES string of the molecule is CC[C@H](CC1C2CCCCC2[C@H]1OC)C(F)(F)F. The number of alkyl halides is 3. The Morgan fingerprint density at radius 1 is 1.17 bits per heavy atom. The van der Waals surface area contributed by atoms with Crippen molar-refractivity contribution in [3.63, 3.8) is 0 Å². The largest absolute Gasteiger partial charge is 0.391 e. The molecule has 0 aromatic heterocycles. The van der Waals surface area contributed by atoms with Gasteiger partial charge in [-0.15, -0.1) is 0 Å². The normalized spacial score (nSPS) is 37.8. The first-order chi connectivity index (χ1) is 8.49. The molecule has 106 valence electrons. The number of hydrogen-bond acceptors (Lipinski definition) is 1. The van der Waals surface area contributed by atoms with Crippen molar-refractivity contribution in [3.05, 3.63) is 0 Å². The van der Waals surface area contributed by atoms with Crippen LogP contribution in [0.1, 0.15) is 45.4 Å². The van der Waals surface area contributed by atoms with Crippen molar-refractivity contribution >= 4 is 0 Å². The Morgan fingerprint density at radius 3 is 2.28 bits per heavy atom. The molecule has 0 heterocycles. The topological polar surface area (TPSA) is 9.23 Å².